The Morgan fingerprint density at radius 2 is 2.50 bits per heavy atom. The molecule has 3 N–H and O–H groups in total. The minimum atomic E-state index is -0.775. The van der Waals surface area contributed by atoms with Crippen LogP contribution in [-0.2, 0) is 0 Å². The van der Waals surface area contributed by atoms with Crippen LogP contribution in [0.1, 0.15) is 0 Å². The predicted molar refractivity (Wildman–Crippen MR) is 38.5 cm³/mol. The zero-order valence-electron chi connectivity index (χ0n) is 5.63. The van der Waals surface area contributed by atoms with E-state index < -0.39 is 10.6 Å². The molecule has 0 radical (unpaired) electrons. The highest BCUT2D eigenvalue weighted by atomic mass is 16.6. The highest BCUT2D eigenvalue weighted by Gasteiger charge is 2.20. The number of aromatic amines is 1. The van der Waals surface area contributed by atoms with Gasteiger partial charge in [0.2, 0.25) is 5.82 Å². The molecule has 12 heavy (non-hydrogen) atoms. The maximum Gasteiger partial charge on any atom is 0.340 e. The first-order valence-corrected chi connectivity index (χ1v) is 2.70. The van der Waals surface area contributed by atoms with Gasteiger partial charge in [-0.2, -0.15) is 5.10 Å². The first-order valence-electron chi connectivity index (χ1n) is 2.70. The minimum absolute atomic E-state index is 0.234. The van der Waals surface area contributed by atoms with E-state index in [0.29, 0.717) is 0 Å². The van der Waals surface area contributed by atoms with Gasteiger partial charge in [-0.15, -0.1) is 0 Å². The lowest BCUT2D eigenvalue weighted by Crippen LogP contribution is -1.92. The minimum Gasteiger partial charge on any atom is -0.378 e. The molecule has 0 aromatic carbocycles. The van der Waals surface area contributed by atoms with Gasteiger partial charge >= 0.3 is 5.69 Å². The van der Waals surface area contributed by atoms with Gasteiger partial charge in [-0.05, 0) is 10.6 Å². The summed E-state index contributed by atoms with van der Waals surface area (Å²) in [7, 11) is 0. The second-order valence-corrected chi connectivity index (χ2v) is 1.76. The average Bonchev–Trinajstić information content (AvgIpc) is 2.32. The van der Waals surface area contributed by atoms with Crippen molar-refractivity contribution in [2.45, 2.75) is 0 Å². The van der Waals surface area contributed by atoms with Gasteiger partial charge in [0.1, 0.15) is 0 Å². The Hall–Kier alpha value is -2.28. The molecule has 1 rings (SSSR count). The van der Waals surface area contributed by atoms with Crippen LogP contribution >= 0.6 is 0 Å². The molecule has 0 saturated heterocycles. The molecule has 0 unspecified atom stereocenters. The molecule has 0 bridgehead atoms. The summed E-state index contributed by atoms with van der Waals surface area (Å²) < 4.78 is 0. The van der Waals surface area contributed by atoms with E-state index in [1.54, 1.807) is 0 Å². The molecule has 0 aliphatic rings. The number of nitrogen functional groups attached to an aromatic ring is 1. The molecule has 9 nitrogen and oxygen atoms in total. The van der Waals surface area contributed by atoms with E-state index in [1.807, 2.05) is 0 Å². The van der Waals surface area contributed by atoms with Crippen LogP contribution in [0.25, 0.3) is 10.4 Å². The molecule has 0 aliphatic carbocycles. The Bertz CT molecular complexity index is 361. The third-order valence-corrected chi connectivity index (χ3v) is 1.07. The van der Waals surface area contributed by atoms with Crippen LogP contribution in [0, 0.1) is 10.1 Å². The number of aromatic nitrogens is 2. The number of nitrogens with zero attached hydrogens (tertiary/aromatic N) is 5. The third kappa shape index (κ3) is 1.11. The maximum atomic E-state index is 10.3. The standard InChI is InChI=1S/C3H3N7O2/c4-2-1(10(11)12)3(7-6-2)8-9-5/h(H3,4,6,7). The number of rotatable bonds is 2. The summed E-state index contributed by atoms with van der Waals surface area (Å²) in [4.78, 5) is 11.8. The molecule has 0 amide bonds. The monoisotopic (exact) mass is 169 g/mol. The smallest absolute Gasteiger partial charge is 0.340 e. The Balaban J connectivity index is 3.30. The summed E-state index contributed by atoms with van der Waals surface area (Å²) in [5.74, 6) is -0.595. The largest absolute Gasteiger partial charge is 0.378 e. The van der Waals surface area contributed by atoms with Crippen LogP contribution in [0.15, 0.2) is 5.11 Å². The van der Waals surface area contributed by atoms with Crippen LogP contribution in [0.2, 0.25) is 0 Å². The van der Waals surface area contributed by atoms with Crippen LogP contribution in [0.3, 0.4) is 0 Å². The highest BCUT2D eigenvalue weighted by molar-refractivity contribution is 5.65. The van der Waals surface area contributed by atoms with Crippen molar-refractivity contribution >= 4 is 17.3 Å². The number of hydrogen-bond acceptors (Lipinski definition) is 5. The summed E-state index contributed by atoms with van der Waals surface area (Å²) in [6.45, 7) is 0. The second kappa shape index (κ2) is 2.76. The number of nitrogens with two attached hydrogens (primary N) is 1. The number of hydrogen-bond donors (Lipinski definition) is 2. The van der Waals surface area contributed by atoms with Crippen molar-refractivity contribution in [3.8, 4) is 0 Å². The number of nitro groups is 1. The van der Waals surface area contributed by atoms with Crippen molar-refractivity contribution in [3.05, 3.63) is 20.6 Å². The van der Waals surface area contributed by atoms with Gasteiger partial charge in [0.25, 0.3) is 0 Å². The Morgan fingerprint density at radius 1 is 1.83 bits per heavy atom. The Labute approximate surface area is 65.0 Å². The molecule has 62 valence electrons. The van der Waals surface area contributed by atoms with Crippen molar-refractivity contribution in [1.29, 1.82) is 0 Å². The molecule has 9 heteroatoms. The number of azide groups is 1. The molecule has 0 aliphatic heterocycles. The second-order valence-electron chi connectivity index (χ2n) is 1.76. The predicted octanol–water partition coefficient (Wildman–Crippen LogP) is 0.842. The van der Waals surface area contributed by atoms with E-state index in [-0.39, 0.29) is 11.6 Å². The van der Waals surface area contributed by atoms with Crippen molar-refractivity contribution in [2.75, 3.05) is 5.73 Å². The summed E-state index contributed by atoms with van der Waals surface area (Å²) in [5.41, 5.74) is 12.6. The van der Waals surface area contributed by atoms with Crippen LogP contribution < -0.4 is 5.73 Å². The quantitative estimate of drug-likeness (QED) is 0.222. The summed E-state index contributed by atoms with van der Waals surface area (Å²) in [6, 6.07) is 0. The molecule has 0 saturated carbocycles. The van der Waals surface area contributed by atoms with Gasteiger partial charge in [0.05, 0.1) is 4.92 Å². The fraction of sp³-hybridized carbons (Fsp3) is 0. The maximum absolute atomic E-state index is 10.3. The van der Waals surface area contributed by atoms with Gasteiger partial charge in [0.15, 0.2) is 5.82 Å². The normalized spacial score (nSPS) is 9.00. The van der Waals surface area contributed by atoms with Gasteiger partial charge in [-0.3, -0.25) is 15.2 Å². The highest BCUT2D eigenvalue weighted by Crippen LogP contribution is 2.29. The van der Waals surface area contributed by atoms with Gasteiger partial charge < -0.3 is 5.73 Å². The molecule has 1 aromatic rings. The van der Waals surface area contributed by atoms with Crippen LogP contribution in [0.4, 0.5) is 17.3 Å². The van der Waals surface area contributed by atoms with E-state index in [2.05, 4.69) is 20.2 Å². The van der Waals surface area contributed by atoms with Crippen molar-refractivity contribution in [1.82, 2.24) is 10.2 Å². The Kier molecular flexibility index (Phi) is 1.80. The lowest BCUT2D eigenvalue weighted by Gasteiger charge is -1.86. The van der Waals surface area contributed by atoms with E-state index in [1.165, 1.54) is 0 Å². The van der Waals surface area contributed by atoms with E-state index in [0.717, 1.165) is 0 Å². The zero-order valence-corrected chi connectivity index (χ0v) is 5.63. The molecule has 0 atom stereocenters. The first-order chi connectivity index (χ1) is 5.66. The fourth-order valence-electron chi connectivity index (χ4n) is 0.632. The third-order valence-electron chi connectivity index (χ3n) is 1.07. The summed E-state index contributed by atoms with van der Waals surface area (Å²) >= 11 is 0. The molecule has 1 aromatic heterocycles. The van der Waals surface area contributed by atoms with E-state index in [4.69, 9.17) is 11.3 Å². The number of anilines is 1. The van der Waals surface area contributed by atoms with E-state index >= 15 is 0 Å². The average molecular weight is 169 g/mol. The lowest BCUT2D eigenvalue weighted by atomic mass is 10.5. The SMILES string of the molecule is [N-]=[N+]=Nc1n[nH]c(N)c1[N+](=O)[O-]. The molecular weight excluding hydrogens is 166 g/mol. The topological polar surface area (TPSA) is 147 Å². The van der Waals surface area contributed by atoms with Gasteiger partial charge in [0, 0.05) is 4.91 Å². The van der Waals surface area contributed by atoms with Crippen LogP contribution in [-0.4, -0.2) is 15.1 Å². The zero-order chi connectivity index (χ0) is 9.14. The van der Waals surface area contributed by atoms with Crippen LogP contribution in [0.5, 0.6) is 0 Å². The van der Waals surface area contributed by atoms with Gasteiger partial charge in [-0.1, -0.05) is 0 Å². The Morgan fingerprint density at radius 3 is 3.00 bits per heavy atom. The summed E-state index contributed by atoms with van der Waals surface area (Å²) in [6.07, 6.45) is 0. The van der Waals surface area contributed by atoms with E-state index in [9.17, 15) is 10.1 Å². The molecule has 0 spiro atoms. The summed E-state index contributed by atoms with van der Waals surface area (Å²) in [5, 5.41) is 18.7. The number of H-pyrrole nitrogens is 1. The molecule has 1 heterocycles. The first kappa shape index (κ1) is 7.82. The van der Waals surface area contributed by atoms with Crippen molar-refractivity contribution < 1.29 is 4.92 Å². The van der Waals surface area contributed by atoms with Gasteiger partial charge in [-0.25, -0.2) is 0 Å². The molecular formula is C3H3N7O2. The lowest BCUT2D eigenvalue weighted by molar-refractivity contribution is -0.383. The molecule has 0 fully saturated rings. The van der Waals surface area contributed by atoms with Crippen molar-refractivity contribution in [2.24, 2.45) is 5.11 Å². The number of nitrogens with one attached hydrogen (secondary N) is 1. The van der Waals surface area contributed by atoms with Crippen molar-refractivity contribution in [3.63, 3.8) is 0 Å². The fourth-order valence-corrected chi connectivity index (χ4v) is 0.632.